The van der Waals surface area contributed by atoms with Gasteiger partial charge in [0.2, 0.25) is 5.75 Å². The third-order valence-corrected chi connectivity index (χ3v) is 2.09. The Hall–Kier alpha value is -2.22. The van der Waals surface area contributed by atoms with Crippen molar-refractivity contribution in [3.8, 4) is 23.8 Å². The molecule has 0 saturated heterocycles. The molecule has 0 radical (unpaired) electrons. The van der Waals surface area contributed by atoms with E-state index in [1.54, 1.807) is 0 Å². The van der Waals surface area contributed by atoms with Gasteiger partial charge in [-0.1, -0.05) is 0 Å². The van der Waals surface area contributed by atoms with Crippen LogP contribution in [0.1, 0.15) is 12.8 Å². The maximum atomic E-state index is 10.8. The Bertz CT molecular complexity index is 437. The molecule has 5 nitrogen and oxygen atoms in total. The van der Waals surface area contributed by atoms with E-state index in [2.05, 4.69) is 5.92 Å². The number of hydrogen-bond acceptors (Lipinski definition) is 4. The Labute approximate surface area is 99.5 Å². The van der Waals surface area contributed by atoms with Crippen LogP contribution in [0.25, 0.3) is 0 Å². The fourth-order valence-electron chi connectivity index (χ4n) is 1.24. The van der Waals surface area contributed by atoms with Crippen LogP contribution >= 0.6 is 0 Å². The van der Waals surface area contributed by atoms with E-state index in [1.807, 2.05) is 0 Å². The maximum Gasteiger partial charge on any atom is 0.311 e. The maximum absolute atomic E-state index is 10.8. The summed E-state index contributed by atoms with van der Waals surface area (Å²) in [7, 11) is 1.49. The van der Waals surface area contributed by atoms with Gasteiger partial charge in [0.1, 0.15) is 5.75 Å². The van der Waals surface area contributed by atoms with Gasteiger partial charge in [-0.25, -0.2) is 0 Å². The number of unbranched alkanes of at least 4 members (excludes halogenated alkanes) is 1. The molecule has 0 heterocycles. The van der Waals surface area contributed by atoms with Crippen molar-refractivity contribution in [1.29, 1.82) is 0 Å². The van der Waals surface area contributed by atoms with Crippen LogP contribution in [-0.2, 0) is 0 Å². The first-order valence-electron chi connectivity index (χ1n) is 5.07. The van der Waals surface area contributed by atoms with Crippen LogP contribution in [0, 0.1) is 22.5 Å². The minimum absolute atomic E-state index is 0.0773. The molecule has 0 fully saturated rings. The van der Waals surface area contributed by atoms with Gasteiger partial charge in [0, 0.05) is 18.6 Å². The largest absolute Gasteiger partial charge is 0.497 e. The molecule has 0 N–H and O–H groups in total. The van der Waals surface area contributed by atoms with E-state index >= 15 is 0 Å². The second-order valence-corrected chi connectivity index (χ2v) is 3.25. The van der Waals surface area contributed by atoms with E-state index in [9.17, 15) is 10.1 Å². The molecule has 0 saturated carbocycles. The van der Waals surface area contributed by atoms with Gasteiger partial charge in [-0.05, 0) is 12.5 Å². The molecule has 0 spiro atoms. The highest BCUT2D eigenvalue weighted by atomic mass is 16.6. The van der Waals surface area contributed by atoms with E-state index < -0.39 is 4.92 Å². The molecule has 90 valence electrons. The first kappa shape index (κ1) is 12.8. The van der Waals surface area contributed by atoms with E-state index in [0.717, 1.165) is 0 Å². The quantitative estimate of drug-likeness (QED) is 0.329. The van der Waals surface area contributed by atoms with Crippen molar-refractivity contribution in [2.24, 2.45) is 0 Å². The zero-order chi connectivity index (χ0) is 12.7. The summed E-state index contributed by atoms with van der Waals surface area (Å²) in [5.74, 6) is 3.19. The molecule has 1 aromatic rings. The molecule has 5 heteroatoms. The lowest BCUT2D eigenvalue weighted by Gasteiger charge is -2.07. The van der Waals surface area contributed by atoms with Crippen LogP contribution in [0.4, 0.5) is 5.69 Å². The van der Waals surface area contributed by atoms with Gasteiger partial charge >= 0.3 is 5.69 Å². The molecule has 0 atom stereocenters. The number of terminal acetylenes is 1. The second-order valence-electron chi connectivity index (χ2n) is 3.25. The van der Waals surface area contributed by atoms with Crippen molar-refractivity contribution in [3.63, 3.8) is 0 Å². The highest BCUT2D eigenvalue weighted by Crippen LogP contribution is 2.31. The van der Waals surface area contributed by atoms with Crippen molar-refractivity contribution in [2.45, 2.75) is 12.8 Å². The molecule has 0 amide bonds. The van der Waals surface area contributed by atoms with Gasteiger partial charge in [0.25, 0.3) is 0 Å². The highest BCUT2D eigenvalue weighted by Gasteiger charge is 2.15. The van der Waals surface area contributed by atoms with Crippen LogP contribution in [0.2, 0.25) is 0 Å². The zero-order valence-electron chi connectivity index (χ0n) is 9.51. The standard InChI is InChI=1S/C12H13NO4/c1-3-4-5-8-17-12-9-10(16-2)6-7-11(12)13(14)15/h1,6-7,9H,4-5,8H2,2H3. The zero-order valence-corrected chi connectivity index (χ0v) is 9.51. The molecular weight excluding hydrogens is 222 g/mol. The fraction of sp³-hybridized carbons (Fsp3) is 0.333. The summed E-state index contributed by atoms with van der Waals surface area (Å²) in [6.07, 6.45) is 6.34. The predicted octanol–water partition coefficient (Wildman–Crippen LogP) is 2.40. The van der Waals surface area contributed by atoms with Gasteiger partial charge < -0.3 is 9.47 Å². The normalized spacial score (nSPS) is 9.41. The summed E-state index contributed by atoms with van der Waals surface area (Å²) in [5.41, 5.74) is -0.0773. The average molecular weight is 235 g/mol. The molecule has 0 aliphatic carbocycles. The average Bonchev–Trinajstić information content (AvgIpc) is 2.34. The number of methoxy groups -OCH3 is 1. The van der Waals surface area contributed by atoms with Gasteiger partial charge in [-0.15, -0.1) is 12.3 Å². The highest BCUT2D eigenvalue weighted by molar-refractivity contribution is 5.50. The number of ether oxygens (including phenoxy) is 2. The number of hydrogen-bond donors (Lipinski definition) is 0. The molecular formula is C12H13NO4. The molecule has 17 heavy (non-hydrogen) atoms. The van der Waals surface area contributed by atoms with Crippen molar-refractivity contribution in [2.75, 3.05) is 13.7 Å². The second kappa shape index (κ2) is 6.38. The minimum Gasteiger partial charge on any atom is -0.497 e. The van der Waals surface area contributed by atoms with Gasteiger partial charge in [-0.2, -0.15) is 0 Å². The van der Waals surface area contributed by atoms with Crippen molar-refractivity contribution < 1.29 is 14.4 Å². The summed E-state index contributed by atoms with van der Waals surface area (Å²) in [5, 5.41) is 10.8. The smallest absolute Gasteiger partial charge is 0.311 e. The summed E-state index contributed by atoms with van der Waals surface area (Å²) >= 11 is 0. The summed E-state index contributed by atoms with van der Waals surface area (Å²) in [6.45, 7) is 0.345. The number of nitro benzene ring substituents is 1. The van der Waals surface area contributed by atoms with Gasteiger partial charge in [0.05, 0.1) is 18.6 Å². The Morgan fingerprint density at radius 2 is 2.29 bits per heavy atom. The van der Waals surface area contributed by atoms with Crippen molar-refractivity contribution in [1.82, 2.24) is 0 Å². The molecule has 0 unspecified atom stereocenters. The molecule has 0 aliphatic heterocycles. The van der Waals surface area contributed by atoms with E-state index in [0.29, 0.717) is 25.2 Å². The summed E-state index contributed by atoms with van der Waals surface area (Å²) in [6, 6.07) is 4.37. The van der Waals surface area contributed by atoms with E-state index in [1.165, 1.54) is 25.3 Å². The molecule has 0 bridgehead atoms. The van der Waals surface area contributed by atoms with Crippen molar-refractivity contribution in [3.05, 3.63) is 28.3 Å². The van der Waals surface area contributed by atoms with E-state index in [4.69, 9.17) is 15.9 Å². The molecule has 1 aromatic carbocycles. The lowest BCUT2D eigenvalue weighted by atomic mass is 10.2. The fourth-order valence-corrected chi connectivity index (χ4v) is 1.24. The van der Waals surface area contributed by atoms with Crippen LogP contribution in [0.15, 0.2) is 18.2 Å². The first-order valence-corrected chi connectivity index (χ1v) is 5.07. The SMILES string of the molecule is C#CCCCOc1cc(OC)ccc1[N+](=O)[O-]. The Morgan fingerprint density at radius 3 is 2.88 bits per heavy atom. The number of nitro groups is 1. The predicted molar refractivity (Wildman–Crippen MR) is 63.2 cm³/mol. The van der Waals surface area contributed by atoms with E-state index in [-0.39, 0.29) is 11.4 Å². The molecule has 0 aromatic heterocycles. The lowest BCUT2D eigenvalue weighted by Crippen LogP contribution is -2.00. The third kappa shape index (κ3) is 3.68. The third-order valence-electron chi connectivity index (χ3n) is 2.09. The van der Waals surface area contributed by atoms with Crippen LogP contribution in [-0.4, -0.2) is 18.6 Å². The number of rotatable bonds is 6. The van der Waals surface area contributed by atoms with Crippen LogP contribution < -0.4 is 9.47 Å². The number of nitrogens with zero attached hydrogens (tertiary/aromatic N) is 1. The first-order chi connectivity index (χ1) is 8.19. The topological polar surface area (TPSA) is 61.6 Å². The van der Waals surface area contributed by atoms with Gasteiger partial charge in [0.15, 0.2) is 0 Å². The van der Waals surface area contributed by atoms with Gasteiger partial charge in [-0.3, -0.25) is 10.1 Å². The van der Waals surface area contributed by atoms with Crippen molar-refractivity contribution >= 4 is 5.69 Å². The Balaban J connectivity index is 2.79. The molecule has 1 rings (SSSR count). The summed E-state index contributed by atoms with van der Waals surface area (Å²) < 4.78 is 10.3. The number of benzene rings is 1. The van der Waals surface area contributed by atoms with Crippen LogP contribution in [0.5, 0.6) is 11.5 Å². The Kier molecular flexibility index (Phi) is 4.82. The molecule has 0 aliphatic rings. The lowest BCUT2D eigenvalue weighted by molar-refractivity contribution is -0.385. The summed E-state index contributed by atoms with van der Waals surface area (Å²) in [4.78, 5) is 10.3. The minimum atomic E-state index is -0.490. The van der Waals surface area contributed by atoms with Crippen LogP contribution in [0.3, 0.4) is 0 Å². The monoisotopic (exact) mass is 235 g/mol. The Morgan fingerprint density at radius 1 is 1.53 bits per heavy atom.